The van der Waals surface area contributed by atoms with E-state index in [0.717, 1.165) is 38.5 Å². The van der Waals surface area contributed by atoms with E-state index in [2.05, 4.69) is 5.32 Å². The molecule has 0 aromatic heterocycles. The van der Waals surface area contributed by atoms with Crippen molar-refractivity contribution in [2.45, 2.75) is 57.0 Å². The maximum atomic E-state index is 11.6. The van der Waals surface area contributed by atoms with Gasteiger partial charge in [-0.25, -0.2) is 0 Å². The zero-order chi connectivity index (χ0) is 12.3. The van der Waals surface area contributed by atoms with Crippen LogP contribution >= 0.6 is 0 Å². The SMILES string of the molecule is CCOCCC1CCCC1(NC1CC1)C(=O)O. The molecule has 0 amide bonds. The summed E-state index contributed by atoms with van der Waals surface area (Å²) in [6.07, 6.45) is 5.93. The highest BCUT2D eigenvalue weighted by Crippen LogP contribution is 2.40. The van der Waals surface area contributed by atoms with Gasteiger partial charge >= 0.3 is 5.97 Å². The molecule has 0 aromatic carbocycles. The summed E-state index contributed by atoms with van der Waals surface area (Å²) in [6, 6.07) is 0.443. The van der Waals surface area contributed by atoms with Gasteiger partial charge in [0.05, 0.1) is 0 Å². The fraction of sp³-hybridized carbons (Fsp3) is 0.923. The Morgan fingerprint density at radius 1 is 1.47 bits per heavy atom. The standard InChI is InChI=1S/C13H23NO3/c1-2-17-9-7-10-4-3-8-13(10,12(15)16)14-11-5-6-11/h10-11,14H,2-9H2,1H3,(H,15,16). The van der Waals surface area contributed by atoms with Crippen molar-refractivity contribution in [3.05, 3.63) is 0 Å². The molecule has 2 saturated carbocycles. The second-order valence-electron chi connectivity index (χ2n) is 5.27. The van der Waals surface area contributed by atoms with E-state index < -0.39 is 11.5 Å². The van der Waals surface area contributed by atoms with Gasteiger partial charge in [-0.1, -0.05) is 6.42 Å². The molecule has 2 atom stereocenters. The van der Waals surface area contributed by atoms with Gasteiger partial charge in [0.2, 0.25) is 0 Å². The number of rotatable bonds is 7. The zero-order valence-corrected chi connectivity index (χ0v) is 10.6. The lowest BCUT2D eigenvalue weighted by molar-refractivity contribution is -0.147. The van der Waals surface area contributed by atoms with Crippen LogP contribution in [-0.4, -0.2) is 35.9 Å². The number of carboxylic acid groups (broad SMARTS) is 1. The summed E-state index contributed by atoms with van der Waals surface area (Å²) in [5.74, 6) is -0.435. The average molecular weight is 241 g/mol. The Morgan fingerprint density at radius 2 is 2.24 bits per heavy atom. The predicted octanol–water partition coefficient (Wildman–Crippen LogP) is 1.79. The summed E-state index contributed by atoms with van der Waals surface area (Å²) < 4.78 is 5.37. The minimum atomic E-state index is -0.668. The first kappa shape index (κ1) is 12.8. The number of carbonyl (C=O) groups is 1. The Hall–Kier alpha value is -0.610. The fourth-order valence-corrected chi connectivity index (χ4v) is 2.96. The molecule has 0 aliphatic heterocycles. The first-order chi connectivity index (χ1) is 8.19. The highest BCUT2D eigenvalue weighted by Gasteiger charge is 2.50. The van der Waals surface area contributed by atoms with Crippen LogP contribution < -0.4 is 5.32 Å². The summed E-state index contributed by atoms with van der Waals surface area (Å²) in [6.45, 7) is 3.37. The third-order valence-electron chi connectivity index (χ3n) is 4.06. The second kappa shape index (κ2) is 5.36. The van der Waals surface area contributed by atoms with Crippen LogP contribution in [0.25, 0.3) is 0 Å². The Bertz CT molecular complexity index is 278. The van der Waals surface area contributed by atoms with Crippen molar-refractivity contribution < 1.29 is 14.6 Å². The maximum Gasteiger partial charge on any atom is 0.324 e. The van der Waals surface area contributed by atoms with E-state index in [1.807, 2.05) is 6.92 Å². The van der Waals surface area contributed by atoms with Gasteiger partial charge in [0, 0.05) is 19.3 Å². The highest BCUT2D eigenvalue weighted by atomic mass is 16.5. The van der Waals surface area contributed by atoms with Crippen molar-refractivity contribution in [1.29, 1.82) is 0 Å². The molecule has 0 saturated heterocycles. The minimum Gasteiger partial charge on any atom is -0.480 e. The quantitative estimate of drug-likeness (QED) is 0.667. The van der Waals surface area contributed by atoms with Crippen LogP contribution in [0, 0.1) is 5.92 Å². The molecule has 4 nitrogen and oxygen atoms in total. The number of nitrogens with one attached hydrogen (secondary N) is 1. The highest BCUT2D eigenvalue weighted by molar-refractivity contribution is 5.80. The van der Waals surface area contributed by atoms with Crippen molar-refractivity contribution in [2.24, 2.45) is 5.92 Å². The molecular weight excluding hydrogens is 218 g/mol. The van der Waals surface area contributed by atoms with Gasteiger partial charge in [-0.2, -0.15) is 0 Å². The second-order valence-corrected chi connectivity index (χ2v) is 5.27. The minimum absolute atomic E-state index is 0.229. The van der Waals surface area contributed by atoms with E-state index in [0.29, 0.717) is 19.3 Å². The lowest BCUT2D eigenvalue weighted by Gasteiger charge is -2.32. The number of hydrogen-bond acceptors (Lipinski definition) is 3. The van der Waals surface area contributed by atoms with Crippen LogP contribution in [0.3, 0.4) is 0 Å². The lowest BCUT2D eigenvalue weighted by atomic mass is 9.84. The largest absolute Gasteiger partial charge is 0.480 e. The van der Waals surface area contributed by atoms with Gasteiger partial charge in [-0.05, 0) is 44.9 Å². The number of hydrogen-bond donors (Lipinski definition) is 2. The topological polar surface area (TPSA) is 58.6 Å². The Kier molecular flexibility index (Phi) is 4.05. The van der Waals surface area contributed by atoms with Crippen LogP contribution in [0.15, 0.2) is 0 Å². The molecular formula is C13H23NO3. The maximum absolute atomic E-state index is 11.6. The average Bonchev–Trinajstić information content (AvgIpc) is 3.00. The summed E-state index contributed by atoms with van der Waals surface area (Å²) in [7, 11) is 0. The third-order valence-corrected chi connectivity index (χ3v) is 4.06. The molecule has 2 aliphatic rings. The van der Waals surface area contributed by atoms with E-state index in [9.17, 15) is 9.90 Å². The van der Waals surface area contributed by atoms with Crippen LogP contribution in [0.2, 0.25) is 0 Å². The van der Waals surface area contributed by atoms with Gasteiger partial charge < -0.3 is 9.84 Å². The molecule has 0 spiro atoms. The van der Waals surface area contributed by atoms with E-state index in [4.69, 9.17) is 4.74 Å². The Balaban J connectivity index is 1.98. The molecule has 2 fully saturated rings. The molecule has 17 heavy (non-hydrogen) atoms. The van der Waals surface area contributed by atoms with Gasteiger partial charge in [0.25, 0.3) is 0 Å². The number of ether oxygens (including phenoxy) is 1. The third kappa shape index (κ3) is 2.80. The van der Waals surface area contributed by atoms with Crippen LogP contribution in [-0.2, 0) is 9.53 Å². The van der Waals surface area contributed by atoms with Crippen molar-refractivity contribution in [1.82, 2.24) is 5.32 Å². The fourth-order valence-electron chi connectivity index (χ4n) is 2.96. The van der Waals surface area contributed by atoms with Gasteiger partial charge in [0.15, 0.2) is 0 Å². The van der Waals surface area contributed by atoms with Crippen LogP contribution in [0.4, 0.5) is 0 Å². The van der Waals surface area contributed by atoms with Crippen molar-refractivity contribution in [2.75, 3.05) is 13.2 Å². The summed E-state index contributed by atoms with van der Waals surface area (Å²) in [5, 5.41) is 13.0. The first-order valence-corrected chi connectivity index (χ1v) is 6.78. The first-order valence-electron chi connectivity index (χ1n) is 6.78. The van der Waals surface area contributed by atoms with Gasteiger partial charge in [-0.3, -0.25) is 10.1 Å². The molecule has 0 aromatic rings. The molecule has 2 aliphatic carbocycles. The molecule has 0 bridgehead atoms. The van der Waals surface area contributed by atoms with Crippen molar-refractivity contribution in [3.8, 4) is 0 Å². The smallest absolute Gasteiger partial charge is 0.324 e. The van der Waals surface area contributed by atoms with E-state index in [1.54, 1.807) is 0 Å². The van der Waals surface area contributed by atoms with Crippen molar-refractivity contribution in [3.63, 3.8) is 0 Å². The molecule has 2 unspecified atom stereocenters. The summed E-state index contributed by atoms with van der Waals surface area (Å²) in [5.41, 5.74) is -0.668. The molecule has 4 heteroatoms. The predicted molar refractivity (Wildman–Crippen MR) is 65.0 cm³/mol. The van der Waals surface area contributed by atoms with E-state index in [-0.39, 0.29) is 5.92 Å². The molecule has 0 heterocycles. The number of aliphatic carboxylic acids is 1. The summed E-state index contributed by atoms with van der Waals surface area (Å²) >= 11 is 0. The van der Waals surface area contributed by atoms with E-state index >= 15 is 0 Å². The molecule has 0 radical (unpaired) electrons. The van der Waals surface area contributed by atoms with Gasteiger partial charge in [-0.15, -0.1) is 0 Å². The molecule has 2 N–H and O–H groups in total. The molecule has 2 rings (SSSR count). The Morgan fingerprint density at radius 3 is 2.82 bits per heavy atom. The van der Waals surface area contributed by atoms with Crippen molar-refractivity contribution >= 4 is 5.97 Å². The van der Waals surface area contributed by atoms with Crippen LogP contribution in [0.5, 0.6) is 0 Å². The summed E-state index contributed by atoms with van der Waals surface area (Å²) in [4.78, 5) is 11.6. The van der Waals surface area contributed by atoms with Crippen LogP contribution in [0.1, 0.15) is 45.4 Å². The zero-order valence-electron chi connectivity index (χ0n) is 10.6. The number of carboxylic acids is 1. The lowest BCUT2D eigenvalue weighted by Crippen LogP contribution is -2.55. The normalized spacial score (nSPS) is 32.9. The monoisotopic (exact) mass is 241 g/mol. The van der Waals surface area contributed by atoms with Gasteiger partial charge in [0.1, 0.15) is 5.54 Å². The Labute approximate surface area is 103 Å². The van der Waals surface area contributed by atoms with E-state index in [1.165, 1.54) is 0 Å². The molecule has 98 valence electrons.